The molecule has 0 bridgehead atoms. The number of aliphatic hydroxyl groups excluding tert-OH is 1. The van der Waals surface area contributed by atoms with Crippen LogP contribution in [0.25, 0.3) is 11.2 Å². The molecule has 2 N–H and O–H groups in total. The van der Waals surface area contributed by atoms with Crippen molar-refractivity contribution in [3.05, 3.63) is 139 Å². The summed E-state index contributed by atoms with van der Waals surface area (Å²) in [4.78, 5) is 26.5. The van der Waals surface area contributed by atoms with Crippen molar-refractivity contribution in [1.82, 2.24) is 19.5 Å². The molecule has 7 rings (SSSR count). The van der Waals surface area contributed by atoms with Crippen molar-refractivity contribution in [2.75, 3.05) is 19.0 Å². The Hall–Kier alpha value is -5.24. The average Bonchev–Trinajstić information content (AvgIpc) is 3.76. The minimum atomic E-state index is -2.96. The Labute approximate surface area is 309 Å². The summed E-state index contributed by atoms with van der Waals surface area (Å²) in [6, 6.07) is 37.1. The van der Waals surface area contributed by atoms with Crippen LogP contribution < -0.4 is 20.4 Å². The van der Waals surface area contributed by atoms with Gasteiger partial charge in [-0.1, -0.05) is 112 Å². The molecule has 1 saturated heterocycles. The van der Waals surface area contributed by atoms with Gasteiger partial charge in [-0.3, -0.25) is 9.36 Å². The molecule has 0 unspecified atom stereocenters. The zero-order valence-electron chi connectivity index (χ0n) is 30.1. The lowest BCUT2D eigenvalue weighted by molar-refractivity contribution is -0.0756. The van der Waals surface area contributed by atoms with E-state index >= 15 is 0 Å². The Morgan fingerprint density at radius 2 is 1.49 bits per heavy atom. The average molecular weight is 730 g/mol. The number of benzene rings is 4. The molecule has 0 aliphatic carbocycles. The van der Waals surface area contributed by atoms with Crippen LogP contribution in [0.3, 0.4) is 0 Å². The van der Waals surface area contributed by atoms with Crippen molar-refractivity contribution in [3.63, 3.8) is 0 Å². The number of ether oxygens (including phenoxy) is 3. The van der Waals surface area contributed by atoms with Crippen molar-refractivity contribution in [3.8, 4) is 5.75 Å². The molecule has 3 heterocycles. The van der Waals surface area contributed by atoms with Crippen LogP contribution in [0.1, 0.15) is 42.9 Å². The van der Waals surface area contributed by atoms with Crippen molar-refractivity contribution in [2.24, 2.45) is 0 Å². The van der Waals surface area contributed by atoms with E-state index in [-0.39, 0.29) is 30.0 Å². The van der Waals surface area contributed by atoms with Crippen molar-refractivity contribution in [2.45, 2.75) is 57.0 Å². The maximum Gasteiger partial charge on any atom is 0.261 e. The fourth-order valence-electron chi connectivity index (χ4n) is 7.04. The molecule has 6 aromatic rings. The topological polar surface area (TPSA) is 130 Å². The first-order valence-electron chi connectivity index (χ1n) is 17.6. The highest BCUT2D eigenvalue weighted by molar-refractivity contribution is 6.99. The number of nitrogens with zero attached hydrogens (tertiary/aromatic N) is 4. The van der Waals surface area contributed by atoms with Gasteiger partial charge in [0, 0.05) is 5.56 Å². The molecule has 1 amide bonds. The third-order valence-corrected chi connectivity index (χ3v) is 14.7. The zero-order valence-corrected chi connectivity index (χ0v) is 31.1. The molecule has 0 spiro atoms. The van der Waals surface area contributed by atoms with Crippen LogP contribution in [-0.4, -0.2) is 70.9 Å². The Balaban J connectivity index is 1.22. The summed E-state index contributed by atoms with van der Waals surface area (Å²) in [5.41, 5.74) is 2.16. The Morgan fingerprint density at radius 1 is 0.868 bits per heavy atom. The summed E-state index contributed by atoms with van der Waals surface area (Å²) >= 11 is 0. The number of aliphatic hydroxyl groups is 1. The summed E-state index contributed by atoms with van der Waals surface area (Å²) in [6.07, 6.45) is -0.576. The van der Waals surface area contributed by atoms with Gasteiger partial charge in [-0.05, 0) is 45.2 Å². The van der Waals surface area contributed by atoms with Crippen molar-refractivity contribution in [1.29, 1.82) is 0 Å². The highest BCUT2D eigenvalue weighted by Gasteiger charge is 2.53. The van der Waals surface area contributed by atoms with Crippen LogP contribution in [0.15, 0.2) is 128 Å². The number of fused-ring (bicyclic) bond motifs is 1. The second kappa shape index (κ2) is 15.4. The second-order valence-corrected chi connectivity index (χ2v) is 18.3. The van der Waals surface area contributed by atoms with Crippen LogP contribution in [0.2, 0.25) is 5.04 Å². The standard InChI is InChI=1S/C41H43N5O6Si/c1-41(2,3)53(31-16-10-6-11-17-31,32-18-12-7-13-19-32)51-25-33-35(47)36(50-24-28-20-22-30(49-4)23-21-28)40(52-33)46-27-44-34-37(42-26-43-38(34)46)45-39(48)29-14-8-5-9-15-29/h5-23,26-27,33,35-36,40,47H,24-25H2,1-4H3,(H,42,43,45,48)/t33-,35-,36-,40-/m1/s1. The monoisotopic (exact) mass is 729 g/mol. The van der Waals surface area contributed by atoms with Gasteiger partial charge in [0.25, 0.3) is 14.2 Å². The Morgan fingerprint density at radius 3 is 2.09 bits per heavy atom. The smallest absolute Gasteiger partial charge is 0.261 e. The number of anilines is 1. The fourth-order valence-corrected chi connectivity index (χ4v) is 11.6. The molecule has 11 nitrogen and oxygen atoms in total. The van der Waals surface area contributed by atoms with E-state index in [0.29, 0.717) is 16.7 Å². The predicted octanol–water partition coefficient (Wildman–Crippen LogP) is 5.51. The first-order valence-corrected chi connectivity index (χ1v) is 19.5. The van der Waals surface area contributed by atoms with Gasteiger partial charge in [0.05, 0.1) is 26.7 Å². The van der Waals surface area contributed by atoms with Gasteiger partial charge in [-0.15, -0.1) is 0 Å². The Kier molecular flexibility index (Phi) is 10.5. The van der Waals surface area contributed by atoms with Crippen LogP contribution in [0.4, 0.5) is 5.82 Å². The SMILES string of the molecule is COc1ccc(CO[C@@H]2[C@H](O)[C@@H](CO[Si](c3ccccc3)(c3ccccc3)C(C)(C)C)O[C@H]2n2cnc3c(NC(=O)c4ccccc4)ncnc32)cc1. The van der Waals surface area contributed by atoms with E-state index in [1.165, 1.54) is 6.33 Å². The first-order chi connectivity index (χ1) is 25.7. The molecule has 4 atom stereocenters. The van der Waals surface area contributed by atoms with E-state index in [1.54, 1.807) is 42.3 Å². The lowest BCUT2D eigenvalue weighted by atomic mass is 10.1. The minimum absolute atomic E-state index is 0.105. The lowest BCUT2D eigenvalue weighted by Crippen LogP contribution is -2.67. The predicted molar refractivity (Wildman–Crippen MR) is 205 cm³/mol. The highest BCUT2D eigenvalue weighted by Crippen LogP contribution is 2.39. The largest absolute Gasteiger partial charge is 0.497 e. The van der Waals surface area contributed by atoms with Crippen LogP contribution in [0, 0.1) is 0 Å². The van der Waals surface area contributed by atoms with Crippen LogP contribution in [-0.2, 0) is 20.5 Å². The number of carbonyl (C=O) groups is 1. The van der Waals surface area contributed by atoms with Crippen LogP contribution >= 0.6 is 0 Å². The van der Waals surface area contributed by atoms with Gasteiger partial charge in [-0.25, -0.2) is 15.0 Å². The Bertz CT molecular complexity index is 2090. The number of amides is 1. The quantitative estimate of drug-likeness (QED) is 0.157. The van der Waals surface area contributed by atoms with Crippen molar-refractivity contribution < 1.29 is 28.5 Å². The van der Waals surface area contributed by atoms with Crippen molar-refractivity contribution >= 4 is 41.6 Å². The zero-order chi connectivity index (χ0) is 37.0. The van der Waals surface area contributed by atoms with Gasteiger partial charge in [0.15, 0.2) is 23.2 Å². The van der Waals surface area contributed by atoms with E-state index in [0.717, 1.165) is 21.7 Å². The van der Waals surface area contributed by atoms with Gasteiger partial charge in [0.2, 0.25) is 0 Å². The lowest BCUT2D eigenvalue weighted by Gasteiger charge is -2.43. The molecule has 53 heavy (non-hydrogen) atoms. The van der Waals surface area contributed by atoms with Crippen LogP contribution in [0.5, 0.6) is 5.75 Å². The first kappa shape index (κ1) is 36.1. The molecule has 0 radical (unpaired) electrons. The van der Waals surface area contributed by atoms with E-state index < -0.39 is 32.9 Å². The number of hydrogen-bond donors (Lipinski definition) is 2. The second-order valence-electron chi connectivity index (χ2n) is 14.0. The molecule has 4 aromatic carbocycles. The number of aromatic nitrogens is 4. The van der Waals surface area contributed by atoms with E-state index in [1.807, 2.05) is 66.7 Å². The number of methoxy groups -OCH3 is 1. The summed E-state index contributed by atoms with van der Waals surface area (Å²) in [6.45, 7) is 6.93. The molecule has 1 fully saturated rings. The van der Waals surface area contributed by atoms with E-state index in [4.69, 9.17) is 18.6 Å². The number of rotatable bonds is 12. The van der Waals surface area contributed by atoms with Gasteiger partial charge in [-0.2, -0.15) is 0 Å². The van der Waals surface area contributed by atoms with Gasteiger partial charge in [0.1, 0.15) is 30.4 Å². The fraction of sp³-hybridized carbons (Fsp3) is 0.268. The van der Waals surface area contributed by atoms with E-state index in [9.17, 15) is 9.90 Å². The maximum atomic E-state index is 13.0. The number of carbonyl (C=O) groups excluding carboxylic acids is 1. The molecule has 2 aromatic heterocycles. The number of imidazole rings is 1. The molecule has 1 aliphatic rings. The summed E-state index contributed by atoms with van der Waals surface area (Å²) in [5.74, 6) is 0.661. The molecule has 12 heteroatoms. The summed E-state index contributed by atoms with van der Waals surface area (Å²) in [5, 5.41) is 16.9. The molecule has 272 valence electrons. The number of nitrogens with one attached hydrogen (secondary N) is 1. The molecular formula is C41H43N5O6Si. The third-order valence-electron chi connectivity index (χ3n) is 9.70. The highest BCUT2D eigenvalue weighted by atomic mass is 28.4. The molecular weight excluding hydrogens is 687 g/mol. The third kappa shape index (κ3) is 7.24. The summed E-state index contributed by atoms with van der Waals surface area (Å²) in [7, 11) is -1.34. The summed E-state index contributed by atoms with van der Waals surface area (Å²) < 4.78 is 27.5. The molecule has 1 aliphatic heterocycles. The molecule has 0 saturated carbocycles. The number of hydrogen-bond acceptors (Lipinski definition) is 9. The van der Waals surface area contributed by atoms with Gasteiger partial charge < -0.3 is 29.1 Å². The minimum Gasteiger partial charge on any atom is -0.497 e. The normalized spacial score (nSPS) is 19.0. The van der Waals surface area contributed by atoms with E-state index in [2.05, 4.69) is 65.3 Å². The maximum absolute atomic E-state index is 13.0. The van der Waals surface area contributed by atoms with Gasteiger partial charge >= 0.3 is 0 Å².